The molecule has 1 aromatic rings. The monoisotopic (exact) mass is 260 g/mol. The summed E-state index contributed by atoms with van der Waals surface area (Å²) in [5, 5.41) is 0. The molecule has 0 aliphatic heterocycles. The molecular formula is C17H24O2. The first-order valence-corrected chi connectivity index (χ1v) is 7.45. The molecule has 1 aromatic carbocycles. The Kier molecular flexibility index (Phi) is 5.44. The smallest absolute Gasteiger partial charge is 0.130 e. The normalized spacial score (nSPS) is 15.6. The molecule has 0 amide bonds. The van der Waals surface area contributed by atoms with Gasteiger partial charge in [-0.05, 0) is 43.4 Å². The molecule has 0 aromatic heterocycles. The fraction of sp³-hybridized carbons (Fsp3) is 0.588. The molecule has 104 valence electrons. The van der Waals surface area contributed by atoms with Crippen LogP contribution in [0.2, 0.25) is 0 Å². The zero-order valence-corrected chi connectivity index (χ0v) is 11.9. The van der Waals surface area contributed by atoms with Crippen LogP contribution in [-0.4, -0.2) is 12.4 Å². The summed E-state index contributed by atoms with van der Waals surface area (Å²) >= 11 is 0. The van der Waals surface area contributed by atoms with Gasteiger partial charge in [0.1, 0.15) is 11.5 Å². The molecule has 0 atom stereocenters. The van der Waals surface area contributed by atoms with Crippen molar-refractivity contribution in [1.29, 1.82) is 0 Å². The van der Waals surface area contributed by atoms with Gasteiger partial charge in [-0.3, -0.25) is 0 Å². The summed E-state index contributed by atoms with van der Waals surface area (Å²) in [6, 6.07) is 8.16. The third-order valence-corrected chi connectivity index (χ3v) is 3.96. The van der Waals surface area contributed by atoms with E-state index in [1.165, 1.54) is 37.7 Å². The van der Waals surface area contributed by atoms with E-state index in [4.69, 9.17) is 4.74 Å². The van der Waals surface area contributed by atoms with E-state index >= 15 is 0 Å². The largest absolute Gasteiger partial charge is 0.494 e. The number of hydrogen-bond donors (Lipinski definition) is 0. The van der Waals surface area contributed by atoms with Gasteiger partial charge < -0.3 is 9.53 Å². The highest BCUT2D eigenvalue weighted by Gasteiger charge is 2.14. The van der Waals surface area contributed by atoms with Crippen LogP contribution < -0.4 is 4.74 Å². The molecule has 0 unspecified atom stereocenters. The third kappa shape index (κ3) is 5.06. The number of rotatable bonds is 7. The Morgan fingerprint density at radius 1 is 1.21 bits per heavy atom. The molecular weight excluding hydrogens is 236 g/mol. The summed E-state index contributed by atoms with van der Waals surface area (Å²) in [4.78, 5) is 10.9. The Labute approximate surface area is 116 Å². The van der Waals surface area contributed by atoms with Crippen molar-refractivity contribution >= 4 is 5.78 Å². The van der Waals surface area contributed by atoms with Gasteiger partial charge in [0.05, 0.1) is 6.61 Å². The zero-order chi connectivity index (χ0) is 13.5. The molecule has 0 N–H and O–H groups in total. The maximum Gasteiger partial charge on any atom is 0.130 e. The van der Waals surface area contributed by atoms with Crippen LogP contribution in [0.15, 0.2) is 24.3 Å². The highest BCUT2D eigenvalue weighted by Crippen LogP contribution is 2.27. The Morgan fingerprint density at radius 2 is 1.89 bits per heavy atom. The lowest BCUT2D eigenvalue weighted by atomic mass is 10.1. The summed E-state index contributed by atoms with van der Waals surface area (Å²) < 4.78 is 5.78. The zero-order valence-electron chi connectivity index (χ0n) is 11.9. The van der Waals surface area contributed by atoms with E-state index < -0.39 is 0 Å². The van der Waals surface area contributed by atoms with Gasteiger partial charge in [-0.1, -0.05) is 37.8 Å². The average Bonchev–Trinajstić information content (AvgIpc) is 2.91. The van der Waals surface area contributed by atoms with Crippen molar-refractivity contribution in [2.45, 2.75) is 51.9 Å². The molecule has 1 fully saturated rings. The van der Waals surface area contributed by atoms with Gasteiger partial charge in [0.15, 0.2) is 0 Å². The van der Waals surface area contributed by atoms with E-state index in [9.17, 15) is 4.79 Å². The number of carbonyl (C=O) groups is 1. The Hall–Kier alpha value is -1.31. The van der Waals surface area contributed by atoms with Crippen molar-refractivity contribution in [3.05, 3.63) is 29.8 Å². The molecule has 19 heavy (non-hydrogen) atoms. The highest BCUT2D eigenvalue weighted by atomic mass is 16.5. The molecule has 2 nitrogen and oxygen atoms in total. The van der Waals surface area contributed by atoms with E-state index in [2.05, 4.69) is 12.1 Å². The number of ketones is 1. The number of hydrogen-bond acceptors (Lipinski definition) is 2. The number of carbonyl (C=O) groups excluding carboxylic acids is 1. The van der Waals surface area contributed by atoms with E-state index in [0.29, 0.717) is 6.42 Å². The van der Waals surface area contributed by atoms with Crippen molar-refractivity contribution < 1.29 is 9.53 Å². The fourth-order valence-corrected chi connectivity index (χ4v) is 2.72. The second kappa shape index (κ2) is 7.32. The minimum absolute atomic E-state index is 0.247. The quantitative estimate of drug-likeness (QED) is 0.735. The first-order valence-electron chi connectivity index (χ1n) is 7.45. The number of Topliss-reactive ketones (excluding diaryl/α,β-unsaturated/α-hetero) is 1. The highest BCUT2D eigenvalue weighted by molar-refractivity contribution is 5.75. The molecule has 0 heterocycles. The van der Waals surface area contributed by atoms with Crippen LogP contribution in [0.5, 0.6) is 5.75 Å². The second-order valence-electron chi connectivity index (χ2n) is 5.63. The lowest BCUT2D eigenvalue weighted by Gasteiger charge is -2.10. The molecule has 0 saturated heterocycles. The van der Waals surface area contributed by atoms with Crippen LogP contribution >= 0.6 is 0 Å². The van der Waals surface area contributed by atoms with Crippen LogP contribution in [0, 0.1) is 5.92 Å². The Morgan fingerprint density at radius 3 is 2.53 bits per heavy atom. The fourth-order valence-electron chi connectivity index (χ4n) is 2.72. The predicted octanol–water partition coefficient (Wildman–Crippen LogP) is 4.17. The van der Waals surface area contributed by atoms with Gasteiger partial charge in [0.2, 0.25) is 0 Å². The molecule has 1 aliphatic carbocycles. The first kappa shape index (κ1) is 14.1. The van der Waals surface area contributed by atoms with Crippen LogP contribution in [0.1, 0.15) is 51.0 Å². The van der Waals surface area contributed by atoms with Gasteiger partial charge in [0.25, 0.3) is 0 Å². The van der Waals surface area contributed by atoms with Gasteiger partial charge in [-0.2, -0.15) is 0 Å². The summed E-state index contributed by atoms with van der Waals surface area (Å²) in [7, 11) is 0. The molecule has 1 saturated carbocycles. The van der Waals surface area contributed by atoms with Crippen molar-refractivity contribution in [2.75, 3.05) is 6.61 Å². The summed E-state index contributed by atoms with van der Waals surface area (Å²) in [6.45, 7) is 2.47. The molecule has 1 aliphatic rings. The topological polar surface area (TPSA) is 26.3 Å². The first-order chi connectivity index (χ1) is 9.24. The SMILES string of the molecule is CC(=O)CCc1ccc(OCCC2CCCC2)cc1. The minimum atomic E-state index is 0.247. The summed E-state index contributed by atoms with van der Waals surface area (Å²) in [5.74, 6) is 2.08. The van der Waals surface area contributed by atoms with E-state index in [-0.39, 0.29) is 5.78 Å². The Bertz CT molecular complexity index is 388. The van der Waals surface area contributed by atoms with Crippen LogP contribution in [-0.2, 0) is 11.2 Å². The molecule has 0 radical (unpaired) electrons. The van der Waals surface area contributed by atoms with Crippen LogP contribution in [0.3, 0.4) is 0 Å². The lowest BCUT2D eigenvalue weighted by molar-refractivity contribution is -0.116. The van der Waals surface area contributed by atoms with E-state index in [0.717, 1.165) is 24.7 Å². The minimum Gasteiger partial charge on any atom is -0.494 e. The molecule has 0 spiro atoms. The van der Waals surface area contributed by atoms with Crippen molar-refractivity contribution in [1.82, 2.24) is 0 Å². The van der Waals surface area contributed by atoms with E-state index in [1.54, 1.807) is 6.92 Å². The van der Waals surface area contributed by atoms with Gasteiger partial charge in [-0.25, -0.2) is 0 Å². The van der Waals surface area contributed by atoms with Crippen molar-refractivity contribution in [3.63, 3.8) is 0 Å². The number of benzene rings is 1. The number of ether oxygens (including phenoxy) is 1. The van der Waals surface area contributed by atoms with Crippen molar-refractivity contribution in [2.24, 2.45) is 5.92 Å². The van der Waals surface area contributed by atoms with Gasteiger partial charge in [-0.15, -0.1) is 0 Å². The number of aryl methyl sites for hydroxylation is 1. The average molecular weight is 260 g/mol. The maximum absolute atomic E-state index is 10.9. The molecule has 0 bridgehead atoms. The third-order valence-electron chi connectivity index (χ3n) is 3.96. The summed E-state index contributed by atoms with van der Waals surface area (Å²) in [6.07, 6.45) is 8.21. The van der Waals surface area contributed by atoms with Crippen molar-refractivity contribution in [3.8, 4) is 5.75 Å². The Balaban J connectivity index is 1.70. The molecule has 2 rings (SSSR count). The maximum atomic E-state index is 10.9. The van der Waals surface area contributed by atoms with Crippen LogP contribution in [0.25, 0.3) is 0 Å². The van der Waals surface area contributed by atoms with Gasteiger partial charge >= 0.3 is 0 Å². The van der Waals surface area contributed by atoms with E-state index in [1.807, 2.05) is 12.1 Å². The molecule has 2 heteroatoms. The predicted molar refractivity (Wildman–Crippen MR) is 77.5 cm³/mol. The van der Waals surface area contributed by atoms with Crippen LogP contribution in [0.4, 0.5) is 0 Å². The second-order valence-corrected chi connectivity index (χ2v) is 5.63. The summed E-state index contributed by atoms with van der Waals surface area (Å²) in [5.41, 5.74) is 1.21. The van der Waals surface area contributed by atoms with Gasteiger partial charge in [0, 0.05) is 6.42 Å². The standard InChI is InChI=1S/C17H24O2/c1-14(18)6-7-16-8-10-17(11-9-16)19-13-12-15-4-2-3-5-15/h8-11,15H,2-7,12-13H2,1H3. The lowest BCUT2D eigenvalue weighted by Crippen LogP contribution is -2.03.